The van der Waals surface area contributed by atoms with E-state index in [-0.39, 0.29) is 37.2 Å². The molecule has 0 aliphatic carbocycles. The molecule has 0 amide bonds. The van der Waals surface area contributed by atoms with E-state index in [0.717, 1.165) is 27.7 Å². The van der Waals surface area contributed by atoms with Gasteiger partial charge in [0.05, 0.1) is 0 Å². The van der Waals surface area contributed by atoms with E-state index >= 15 is 0 Å². The molecule has 8 N–H and O–H groups in total. The molecular weight excluding hydrogens is 382 g/mol. The number of rotatable bonds is 1. The summed E-state index contributed by atoms with van der Waals surface area (Å²) < 4.78 is 0. The Morgan fingerprint density at radius 2 is 0.609 bits per heavy atom. The zero-order valence-corrected chi connectivity index (χ0v) is 15.7. The van der Waals surface area contributed by atoms with Gasteiger partial charge >= 0.3 is 0 Å². The fourth-order valence-electron chi connectivity index (χ4n) is 0. The highest BCUT2D eigenvalue weighted by molar-refractivity contribution is 5.86. The highest BCUT2D eigenvalue weighted by atomic mass is 35.5. The maximum absolute atomic E-state index is 9.00. The third-order valence-corrected chi connectivity index (χ3v) is 0.167. The molecule has 0 heterocycles. The van der Waals surface area contributed by atoms with Crippen molar-refractivity contribution in [1.29, 1.82) is 0 Å². The van der Waals surface area contributed by atoms with E-state index in [1.165, 1.54) is 0 Å². The Morgan fingerprint density at radius 1 is 0.565 bits per heavy atom. The standard InChI is InChI=1S/C2H8N2.4C2H4O2.3ClH/c3-1-2-4;4*1-2(3)4;;;/h1-4H2;4*1H3,(H,3,4);3*1H. The van der Waals surface area contributed by atoms with Gasteiger partial charge in [0.1, 0.15) is 0 Å². The molecule has 0 saturated carbocycles. The molecule has 0 fully saturated rings. The Kier molecular flexibility index (Phi) is 107. The van der Waals surface area contributed by atoms with Crippen LogP contribution in [0.2, 0.25) is 0 Å². The van der Waals surface area contributed by atoms with Crippen LogP contribution < -0.4 is 11.5 Å². The first kappa shape index (κ1) is 49.5. The summed E-state index contributed by atoms with van der Waals surface area (Å²) in [6.07, 6.45) is 0. The Hall–Kier alpha value is -1.33. The van der Waals surface area contributed by atoms with E-state index in [0.29, 0.717) is 13.1 Å². The second-order valence-corrected chi connectivity index (χ2v) is 2.65. The summed E-state index contributed by atoms with van der Waals surface area (Å²) in [6.45, 7) is 5.53. The molecule has 0 aliphatic heterocycles. The maximum Gasteiger partial charge on any atom is 0.300 e. The molecule has 0 aromatic heterocycles. The fourth-order valence-corrected chi connectivity index (χ4v) is 0. The lowest BCUT2D eigenvalue weighted by atomic mass is 10.7. The van der Waals surface area contributed by atoms with Crippen molar-refractivity contribution in [3.05, 3.63) is 0 Å². The molecule has 0 atom stereocenters. The number of hydrogen-bond acceptors (Lipinski definition) is 6. The summed E-state index contributed by atoms with van der Waals surface area (Å²) in [5.41, 5.74) is 9.81. The molecule has 0 aromatic carbocycles. The summed E-state index contributed by atoms with van der Waals surface area (Å²) >= 11 is 0. The van der Waals surface area contributed by atoms with Crippen molar-refractivity contribution < 1.29 is 39.6 Å². The normalized spacial score (nSPS) is 5.65. The topological polar surface area (TPSA) is 201 Å². The SMILES string of the molecule is CC(=O)O.CC(=O)O.CC(=O)O.CC(=O)O.Cl.Cl.Cl.NCCN. The molecule has 0 unspecified atom stereocenters. The van der Waals surface area contributed by atoms with Gasteiger partial charge in [0, 0.05) is 40.8 Å². The predicted molar refractivity (Wildman–Crippen MR) is 93.1 cm³/mol. The van der Waals surface area contributed by atoms with Crippen LogP contribution in [0.3, 0.4) is 0 Å². The van der Waals surface area contributed by atoms with Crippen molar-refractivity contribution >= 4 is 61.1 Å². The van der Waals surface area contributed by atoms with Crippen LogP contribution in [-0.4, -0.2) is 57.4 Å². The van der Waals surface area contributed by atoms with Gasteiger partial charge in [0.2, 0.25) is 0 Å². The first-order valence-electron chi connectivity index (χ1n) is 5.03. The van der Waals surface area contributed by atoms with Gasteiger partial charge in [-0.2, -0.15) is 0 Å². The van der Waals surface area contributed by atoms with Gasteiger partial charge in [-0.3, -0.25) is 19.2 Å². The lowest BCUT2D eigenvalue weighted by Crippen LogP contribution is -2.11. The minimum absolute atomic E-state index is 0. The van der Waals surface area contributed by atoms with Gasteiger partial charge in [-0.1, -0.05) is 0 Å². The van der Waals surface area contributed by atoms with E-state index in [1.54, 1.807) is 0 Å². The van der Waals surface area contributed by atoms with Gasteiger partial charge in [-0.25, -0.2) is 0 Å². The average molecular weight is 410 g/mol. The number of carboxylic acid groups (broad SMARTS) is 4. The summed E-state index contributed by atoms with van der Waals surface area (Å²) in [6, 6.07) is 0. The van der Waals surface area contributed by atoms with Gasteiger partial charge in [-0.15, -0.1) is 37.2 Å². The van der Waals surface area contributed by atoms with E-state index in [1.807, 2.05) is 0 Å². The van der Waals surface area contributed by atoms with Crippen molar-refractivity contribution in [2.45, 2.75) is 27.7 Å². The van der Waals surface area contributed by atoms with Crippen LogP contribution in [0.1, 0.15) is 27.7 Å². The van der Waals surface area contributed by atoms with E-state index in [9.17, 15) is 0 Å². The Bertz CT molecular complexity index is 202. The minimum Gasteiger partial charge on any atom is -0.481 e. The third-order valence-electron chi connectivity index (χ3n) is 0.167. The van der Waals surface area contributed by atoms with Crippen molar-refractivity contribution in [2.75, 3.05) is 13.1 Å². The van der Waals surface area contributed by atoms with E-state index < -0.39 is 23.9 Å². The van der Waals surface area contributed by atoms with Crippen molar-refractivity contribution in [2.24, 2.45) is 11.5 Å². The summed E-state index contributed by atoms with van der Waals surface area (Å²) in [7, 11) is 0. The van der Waals surface area contributed by atoms with Crippen LogP contribution in [0.15, 0.2) is 0 Å². The second-order valence-electron chi connectivity index (χ2n) is 2.65. The quantitative estimate of drug-likeness (QED) is 0.354. The lowest BCUT2D eigenvalue weighted by molar-refractivity contribution is -0.135. The fraction of sp³-hybridized carbons (Fsp3) is 0.600. The second kappa shape index (κ2) is 49.8. The molecule has 23 heavy (non-hydrogen) atoms. The molecule has 13 heteroatoms. The smallest absolute Gasteiger partial charge is 0.300 e. The molecule has 0 saturated heterocycles. The van der Waals surface area contributed by atoms with Crippen LogP contribution in [0.4, 0.5) is 0 Å². The number of carbonyl (C=O) groups is 4. The zero-order chi connectivity index (χ0) is 17.7. The lowest BCUT2D eigenvalue weighted by Gasteiger charge is -1.72. The van der Waals surface area contributed by atoms with Crippen LogP contribution in [0.5, 0.6) is 0 Å². The third kappa shape index (κ3) is 66200. The molecule has 0 spiro atoms. The number of nitrogens with two attached hydrogens (primary N) is 2. The van der Waals surface area contributed by atoms with Crippen LogP contribution in [0.25, 0.3) is 0 Å². The summed E-state index contributed by atoms with van der Waals surface area (Å²) in [5.74, 6) is -3.33. The summed E-state index contributed by atoms with van der Waals surface area (Å²) in [4.78, 5) is 36.0. The van der Waals surface area contributed by atoms with Crippen molar-refractivity contribution in [1.82, 2.24) is 0 Å². The van der Waals surface area contributed by atoms with Gasteiger partial charge in [-0.05, 0) is 0 Å². The highest BCUT2D eigenvalue weighted by Crippen LogP contribution is 1.43. The predicted octanol–water partition coefficient (Wildman–Crippen LogP) is 0.533. The zero-order valence-electron chi connectivity index (χ0n) is 13.2. The molecule has 0 rings (SSSR count). The molecular formula is C10H27Cl3N2O8. The van der Waals surface area contributed by atoms with Crippen LogP contribution in [0, 0.1) is 0 Å². The monoisotopic (exact) mass is 408 g/mol. The van der Waals surface area contributed by atoms with E-state index in [2.05, 4.69) is 0 Å². The Balaban J connectivity index is -0.0000000197. The van der Waals surface area contributed by atoms with Crippen LogP contribution in [-0.2, 0) is 19.2 Å². The number of halogens is 3. The average Bonchev–Trinajstić information content (AvgIpc) is 2.13. The summed E-state index contributed by atoms with van der Waals surface area (Å²) in [5, 5.41) is 29.7. The van der Waals surface area contributed by atoms with Gasteiger partial charge in [0.25, 0.3) is 23.9 Å². The van der Waals surface area contributed by atoms with E-state index in [4.69, 9.17) is 51.1 Å². The molecule has 0 radical (unpaired) electrons. The number of carboxylic acids is 4. The Labute approximate surface area is 153 Å². The molecule has 0 bridgehead atoms. The minimum atomic E-state index is -0.833. The van der Waals surface area contributed by atoms with Crippen LogP contribution >= 0.6 is 37.2 Å². The highest BCUT2D eigenvalue weighted by Gasteiger charge is 1.66. The molecule has 0 aromatic rings. The van der Waals surface area contributed by atoms with Gasteiger partial charge in [0.15, 0.2) is 0 Å². The Morgan fingerprint density at radius 3 is 0.609 bits per heavy atom. The maximum atomic E-state index is 9.00. The molecule has 146 valence electrons. The van der Waals surface area contributed by atoms with Crippen molar-refractivity contribution in [3.8, 4) is 0 Å². The molecule has 10 nitrogen and oxygen atoms in total. The number of aliphatic carboxylic acids is 4. The van der Waals surface area contributed by atoms with Crippen molar-refractivity contribution in [3.63, 3.8) is 0 Å². The largest absolute Gasteiger partial charge is 0.481 e. The first-order valence-corrected chi connectivity index (χ1v) is 5.03. The molecule has 0 aliphatic rings. The van der Waals surface area contributed by atoms with Gasteiger partial charge < -0.3 is 31.9 Å². The number of hydrogen-bond donors (Lipinski definition) is 6. The first-order chi connectivity index (χ1) is 8.84.